The van der Waals surface area contributed by atoms with Gasteiger partial charge in [-0.1, -0.05) is 33.4 Å². The van der Waals surface area contributed by atoms with E-state index in [9.17, 15) is 14.4 Å². The van der Waals surface area contributed by atoms with Gasteiger partial charge in [0, 0.05) is 25.6 Å². The average Bonchev–Trinajstić information content (AvgIpc) is 3.34. The summed E-state index contributed by atoms with van der Waals surface area (Å²) in [5, 5.41) is 2.62. The Labute approximate surface area is 244 Å². The van der Waals surface area contributed by atoms with Crippen LogP contribution in [0.5, 0.6) is 11.5 Å². The molecule has 0 radical (unpaired) electrons. The first-order valence-electron chi connectivity index (χ1n) is 13.7. The molecule has 1 aliphatic rings. The highest BCUT2D eigenvalue weighted by Crippen LogP contribution is 2.38. The molecule has 1 aromatic carbocycles. The lowest BCUT2D eigenvalue weighted by Crippen LogP contribution is -2.49. The number of hydrogen-bond acceptors (Lipinski definition) is 9. The molecule has 1 heterocycles. The number of rotatable bonds is 14. The summed E-state index contributed by atoms with van der Waals surface area (Å²) in [6.07, 6.45) is 1.76. The zero-order valence-electron chi connectivity index (χ0n) is 25.7. The van der Waals surface area contributed by atoms with E-state index >= 15 is 0 Å². The lowest BCUT2D eigenvalue weighted by Gasteiger charge is -2.38. The van der Waals surface area contributed by atoms with Crippen molar-refractivity contribution < 1.29 is 42.5 Å². The van der Waals surface area contributed by atoms with Crippen LogP contribution in [0.2, 0.25) is 18.1 Å². The van der Waals surface area contributed by atoms with Crippen molar-refractivity contribution in [2.24, 2.45) is 0 Å². The van der Waals surface area contributed by atoms with Crippen LogP contribution >= 0.6 is 0 Å². The number of nitrogens with one attached hydrogen (secondary N) is 1. The second-order valence-corrected chi connectivity index (χ2v) is 16.1. The van der Waals surface area contributed by atoms with Crippen molar-refractivity contribution >= 4 is 32.0 Å². The van der Waals surface area contributed by atoms with Crippen LogP contribution in [0.1, 0.15) is 50.4 Å². The van der Waals surface area contributed by atoms with Gasteiger partial charge in [0.25, 0.3) is 5.91 Å². The highest BCUT2D eigenvalue weighted by atomic mass is 28.4. The van der Waals surface area contributed by atoms with Gasteiger partial charge in [0.2, 0.25) is 0 Å². The number of carbonyl (C=O) groups is 3. The molecular formula is C29H46N2O9Si. The maximum Gasteiger partial charge on any atom is 0.411 e. The molecule has 11 nitrogen and oxygen atoms in total. The van der Waals surface area contributed by atoms with Crippen LogP contribution < -0.4 is 14.8 Å². The molecule has 1 aromatic rings. The molecule has 1 saturated heterocycles. The summed E-state index contributed by atoms with van der Waals surface area (Å²) in [6, 6.07) is 2.68. The van der Waals surface area contributed by atoms with Gasteiger partial charge in [0.05, 0.1) is 51.3 Å². The monoisotopic (exact) mass is 594 g/mol. The number of esters is 1. The fraction of sp³-hybridized carbons (Fsp3) is 0.621. The minimum atomic E-state index is -2.15. The topological polar surface area (TPSA) is 122 Å². The Hall–Kier alpha value is -3.09. The molecule has 12 heteroatoms. The number of likely N-dealkylation sites (tertiary alicyclic amines) is 1. The van der Waals surface area contributed by atoms with Crippen molar-refractivity contribution in [2.45, 2.75) is 70.3 Å². The third-order valence-electron chi connectivity index (χ3n) is 7.57. The van der Waals surface area contributed by atoms with Gasteiger partial charge in [0.15, 0.2) is 19.8 Å². The Bertz CT molecular complexity index is 1070. The molecule has 1 N–H and O–H groups in total. The molecule has 1 fully saturated rings. The van der Waals surface area contributed by atoms with E-state index in [2.05, 4.69) is 45.8 Å². The molecule has 230 valence electrons. The normalized spacial score (nSPS) is 17.1. The van der Waals surface area contributed by atoms with E-state index in [1.165, 1.54) is 33.5 Å². The molecule has 2 rings (SSSR count). The summed E-state index contributed by atoms with van der Waals surface area (Å²) < 4.78 is 33.4. The second-order valence-electron chi connectivity index (χ2n) is 11.3. The largest absolute Gasteiger partial charge is 0.493 e. The molecule has 0 spiro atoms. The van der Waals surface area contributed by atoms with Crippen LogP contribution in [0, 0.1) is 0 Å². The zero-order chi connectivity index (χ0) is 30.8. The highest BCUT2D eigenvalue weighted by Gasteiger charge is 2.43. The van der Waals surface area contributed by atoms with Crippen molar-refractivity contribution in [1.82, 2.24) is 4.90 Å². The number of anilines is 1. The summed E-state index contributed by atoms with van der Waals surface area (Å²) in [4.78, 5) is 39.8. The number of nitrogens with zero attached hydrogens (tertiary/aromatic N) is 1. The van der Waals surface area contributed by atoms with Gasteiger partial charge in [-0.15, -0.1) is 0 Å². The first-order valence-corrected chi connectivity index (χ1v) is 16.6. The predicted octanol–water partition coefficient (Wildman–Crippen LogP) is 5.01. The SMILES string of the molecule is C=CCOC(=O)Nc1cc(OC)c(OC)cc1C(=O)N1CC[C@H](OCCCC(=O)OC)[C@H]1CO[Si](C)(C)C(C)(C)C. The maximum absolute atomic E-state index is 14.1. The molecule has 2 atom stereocenters. The van der Waals surface area contributed by atoms with Crippen molar-refractivity contribution in [3.05, 3.63) is 30.4 Å². The molecule has 0 aromatic heterocycles. The molecular weight excluding hydrogens is 548 g/mol. The smallest absolute Gasteiger partial charge is 0.411 e. The molecule has 0 bridgehead atoms. The van der Waals surface area contributed by atoms with E-state index < -0.39 is 14.4 Å². The first-order chi connectivity index (χ1) is 19.3. The second kappa shape index (κ2) is 15.2. The van der Waals surface area contributed by atoms with Gasteiger partial charge in [-0.05, 0) is 37.0 Å². The minimum Gasteiger partial charge on any atom is -0.493 e. The van der Waals surface area contributed by atoms with Crippen LogP contribution in [-0.2, 0) is 23.4 Å². The average molecular weight is 595 g/mol. The predicted molar refractivity (Wildman–Crippen MR) is 158 cm³/mol. The molecule has 1 aliphatic heterocycles. The quantitative estimate of drug-likeness (QED) is 0.137. The summed E-state index contributed by atoms with van der Waals surface area (Å²) in [6.45, 7) is 15.4. The summed E-state index contributed by atoms with van der Waals surface area (Å²) >= 11 is 0. The van der Waals surface area contributed by atoms with Crippen LogP contribution in [-0.4, -0.2) is 91.0 Å². The van der Waals surface area contributed by atoms with E-state index in [-0.39, 0.29) is 53.3 Å². The zero-order valence-corrected chi connectivity index (χ0v) is 26.7. The third-order valence-corrected chi connectivity index (χ3v) is 12.1. The van der Waals surface area contributed by atoms with Crippen molar-refractivity contribution in [3.63, 3.8) is 0 Å². The van der Waals surface area contributed by atoms with Gasteiger partial charge >= 0.3 is 12.1 Å². The number of methoxy groups -OCH3 is 3. The van der Waals surface area contributed by atoms with E-state index in [1.54, 1.807) is 11.0 Å². The highest BCUT2D eigenvalue weighted by molar-refractivity contribution is 6.74. The molecule has 0 aliphatic carbocycles. The Morgan fingerprint density at radius 3 is 2.37 bits per heavy atom. The number of amides is 2. The van der Waals surface area contributed by atoms with E-state index in [0.717, 1.165) is 0 Å². The number of carbonyl (C=O) groups excluding carboxylic acids is 3. The fourth-order valence-corrected chi connectivity index (χ4v) is 5.15. The van der Waals surface area contributed by atoms with Crippen molar-refractivity contribution in [1.29, 1.82) is 0 Å². The van der Waals surface area contributed by atoms with Gasteiger partial charge in [-0.3, -0.25) is 14.9 Å². The molecule has 0 saturated carbocycles. The van der Waals surface area contributed by atoms with Gasteiger partial charge in [-0.2, -0.15) is 0 Å². The minimum absolute atomic E-state index is 0.0103. The van der Waals surface area contributed by atoms with Crippen molar-refractivity contribution in [3.8, 4) is 11.5 Å². The maximum atomic E-state index is 14.1. The van der Waals surface area contributed by atoms with Crippen LogP contribution in [0.15, 0.2) is 24.8 Å². The Balaban J connectivity index is 2.39. The van der Waals surface area contributed by atoms with Crippen molar-refractivity contribution in [2.75, 3.05) is 53.0 Å². The summed E-state index contributed by atoms with van der Waals surface area (Å²) in [7, 11) is 2.15. The summed E-state index contributed by atoms with van der Waals surface area (Å²) in [5.74, 6) is 0.0584. The molecule has 0 unspecified atom stereocenters. The van der Waals surface area contributed by atoms with Gasteiger partial charge in [0.1, 0.15) is 6.61 Å². The standard InChI is InChI=1S/C29H46N2O9Si/c1-10-15-39-28(34)30-21-18-25(36-6)24(35-5)17-20(21)27(33)31-14-13-23(38-16-11-12-26(32)37-7)22(31)19-40-41(8,9)29(2,3)4/h10,17-18,22-23H,1,11-16,19H2,2-9H3,(H,30,34)/t22-,23+/m1/s1. The molecule has 2 amide bonds. The van der Waals surface area contributed by atoms with Crippen LogP contribution in [0.25, 0.3) is 0 Å². The van der Waals surface area contributed by atoms with Crippen LogP contribution in [0.4, 0.5) is 10.5 Å². The van der Waals surface area contributed by atoms with E-state index in [1.807, 2.05) is 0 Å². The first kappa shape index (κ1) is 34.1. The number of hydrogen-bond donors (Lipinski definition) is 1. The third kappa shape index (κ3) is 9.20. The van der Waals surface area contributed by atoms with E-state index in [0.29, 0.717) is 44.1 Å². The number of benzene rings is 1. The Morgan fingerprint density at radius 2 is 1.78 bits per heavy atom. The van der Waals surface area contributed by atoms with Crippen LogP contribution in [0.3, 0.4) is 0 Å². The van der Waals surface area contributed by atoms with Gasteiger partial charge in [-0.25, -0.2) is 4.79 Å². The van der Waals surface area contributed by atoms with E-state index in [4.69, 9.17) is 28.1 Å². The Morgan fingerprint density at radius 1 is 1.12 bits per heavy atom. The Kier molecular flexibility index (Phi) is 12.7. The number of ether oxygens (including phenoxy) is 5. The lowest BCUT2D eigenvalue weighted by molar-refractivity contribution is -0.141. The fourth-order valence-electron chi connectivity index (χ4n) is 4.13. The molecule has 41 heavy (non-hydrogen) atoms. The lowest BCUT2D eigenvalue weighted by atomic mass is 10.1. The van der Waals surface area contributed by atoms with Gasteiger partial charge < -0.3 is 33.0 Å². The summed E-state index contributed by atoms with van der Waals surface area (Å²) in [5.41, 5.74) is 0.426.